The van der Waals surface area contributed by atoms with Crippen LogP contribution < -0.4 is 5.73 Å². The summed E-state index contributed by atoms with van der Waals surface area (Å²) in [7, 11) is 0. The van der Waals surface area contributed by atoms with Gasteiger partial charge in [0.05, 0.1) is 6.04 Å². The van der Waals surface area contributed by atoms with E-state index in [0.717, 1.165) is 0 Å². The molecule has 1 atom stereocenters. The fraction of sp³-hybridized carbons (Fsp3) is 1.00. The van der Waals surface area contributed by atoms with Crippen LogP contribution in [0.4, 0.5) is 43.9 Å². The second kappa shape index (κ2) is 4.74. The SMILES string of the molecule is N[C@H](CCC(F)(F)F)C(F)(F)C(F)(F)C(F)(F)F. The van der Waals surface area contributed by atoms with Gasteiger partial charge < -0.3 is 5.73 Å². The maximum atomic E-state index is 12.7. The van der Waals surface area contributed by atoms with Gasteiger partial charge in [-0.3, -0.25) is 0 Å². The molecule has 0 rings (SSSR count). The van der Waals surface area contributed by atoms with Gasteiger partial charge in [0.1, 0.15) is 0 Å². The molecule has 11 heteroatoms. The van der Waals surface area contributed by atoms with Crippen LogP contribution in [0.25, 0.3) is 0 Å². The lowest BCUT2D eigenvalue weighted by Crippen LogP contribution is -2.60. The number of hydrogen-bond donors (Lipinski definition) is 1. The normalized spacial score (nSPS) is 16.8. The first kappa shape index (κ1) is 17.3. The Bertz CT molecular complexity index is 277. The topological polar surface area (TPSA) is 26.0 Å². The fourth-order valence-electron chi connectivity index (χ4n) is 0.922. The van der Waals surface area contributed by atoms with Crippen LogP contribution >= 0.6 is 0 Å². The van der Waals surface area contributed by atoms with Crippen molar-refractivity contribution in [2.24, 2.45) is 5.73 Å². The number of nitrogens with two attached hydrogens (primary N) is 1. The summed E-state index contributed by atoms with van der Waals surface area (Å²) in [6.07, 6.45) is -15.3. The molecule has 0 aromatic carbocycles. The second-order valence-electron chi connectivity index (χ2n) is 3.46. The van der Waals surface area contributed by atoms with Crippen LogP contribution in [0.3, 0.4) is 0 Å². The third kappa shape index (κ3) is 3.62. The van der Waals surface area contributed by atoms with E-state index in [4.69, 9.17) is 0 Å². The highest BCUT2D eigenvalue weighted by atomic mass is 19.4. The van der Waals surface area contributed by atoms with Crippen LogP contribution in [0, 0.1) is 0 Å². The highest BCUT2D eigenvalue weighted by Gasteiger charge is 2.74. The molecule has 0 fully saturated rings. The first-order chi connectivity index (χ1) is 7.63. The maximum absolute atomic E-state index is 12.7. The van der Waals surface area contributed by atoms with E-state index >= 15 is 0 Å². The smallest absolute Gasteiger partial charge is 0.322 e. The zero-order valence-corrected chi connectivity index (χ0v) is 8.35. The minimum absolute atomic E-state index is 1.75. The van der Waals surface area contributed by atoms with Gasteiger partial charge in [-0.05, 0) is 6.42 Å². The van der Waals surface area contributed by atoms with Crippen molar-refractivity contribution >= 4 is 0 Å². The largest absolute Gasteiger partial charge is 0.459 e. The zero-order chi connectivity index (χ0) is 15.0. The van der Waals surface area contributed by atoms with E-state index in [1.165, 1.54) is 0 Å². The first-order valence-electron chi connectivity index (χ1n) is 4.27. The van der Waals surface area contributed by atoms with E-state index < -0.39 is 43.1 Å². The molecular formula is C7H7F10N. The summed E-state index contributed by atoms with van der Waals surface area (Å²) in [5, 5.41) is 0. The fourth-order valence-corrected chi connectivity index (χ4v) is 0.922. The Hall–Kier alpha value is -0.740. The molecule has 0 aliphatic carbocycles. The van der Waals surface area contributed by atoms with Gasteiger partial charge in [0.15, 0.2) is 0 Å². The Labute approximate surface area is 93.9 Å². The lowest BCUT2D eigenvalue weighted by Gasteiger charge is -2.32. The molecule has 0 saturated carbocycles. The lowest BCUT2D eigenvalue weighted by atomic mass is 9.99. The average Bonchev–Trinajstić information content (AvgIpc) is 2.10. The molecule has 110 valence electrons. The van der Waals surface area contributed by atoms with Gasteiger partial charge in [-0.2, -0.15) is 43.9 Å². The molecule has 0 radical (unpaired) electrons. The van der Waals surface area contributed by atoms with Gasteiger partial charge in [0.2, 0.25) is 0 Å². The molecule has 0 amide bonds. The third-order valence-electron chi connectivity index (χ3n) is 1.98. The number of hydrogen-bond acceptors (Lipinski definition) is 1. The van der Waals surface area contributed by atoms with Crippen molar-refractivity contribution in [1.29, 1.82) is 0 Å². The van der Waals surface area contributed by atoms with Crippen molar-refractivity contribution in [2.45, 2.75) is 43.1 Å². The summed E-state index contributed by atoms with van der Waals surface area (Å²) < 4.78 is 120. The molecule has 18 heavy (non-hydrogen) atoms. The predicted octanol–water partition coefficient (Wildman–Crippen LogP) is 3.49. The summed E-state index contributed by atoms with van der Waals surface area (Å²) in [6.45, 7) is 0. The number of rotatable bonds is 4. The minimum Gasteiger partial charge on any atom is -0.322 e. The summed E-state index contributed by atoms with van der Waals surface area (Å²) in [5.41, 5.74) is 4.31. The molecule has 0 unspecified atom stereocenters. The van der Waals surface area contributed by atoms with Gasteiger partial charge in [-0.15, -0.1) is 0 Å². The summed E-state index contributed by atoms with van der Waals surface area (Å²) >= 11 is 0. The number of halogens is 10. The van der Waals surface area contributed by atoms with Crippen molar-refractivity contribution in [3.05, 3.63) is 0 Å². The second-order valence-corrected chi connectivity index (χ2v) is 3.46. The molecule has 0 aromatic rings. The molecule has 0 aliphatic heterocycles. The maximum Gasteiger partial charge on any atom is 0.459 e. The van der Waals surface area contributed by atoms with Crippen LogP contribution in [-0.2, 0) is 0 Å². The van der Waals surface area contributed by atoms with E-state index in [0.29, 0.717) is 0 Å². The standard InChI is InChI=1S/C7H7F10N/c8-4(9,10)2-1-3(18)5(11,12)6(13,14)7(15,16)17/h3H,1-2,18H2/t3-/m1/s1. The van der Waals surface area contributed by atoms with Gasteiger partial charge >= 0.3 is 24.2 Å². The molecule has 2 N–H and O–H groups in total. The molecule has 0 heterocycles. The molecule has 0 saturated heterocycles. The van der Waals surface area contributed by atoms with Crippen LogP contribution in [0.2, 0.25) is 0 Å². The van der Waals surface area contributed by atoms with Crippen LogP contribution in [0.1, 0.15) is 12.8 Å². The van der Waals surface area contributed by atoms with Crippen molar-refractivity contribution in [3.63, 3.8) is 0 Å². The van der Waals surface area contributed by atoms with E-state index in [1.807, 2.05) is 0 Å². The molecule has 0 spiro atoms. The van der Waals surface area contributed by atoms with E-state index in [9.17, 15) is 43.9 Å². The molecule has 1 nitrogen and oxygen atoms in total. The van der Waals surface area contributed by atoms with E-state index in [2.05, 4.69) is 5.73 Å². The van der Waals surface area contributed by atoms with Crippen molar-refractivity contribution < 1.29 is 43.9 Å². The van der Waals surface area contributed by atoms with E-state index in [-0.39, 0.29) is 0 Å². The van der Waals surface area contributed by atoms with Crippen LogP contribution in [-0.4, -0.2) is 30.2 Å². The Kier molecular flexibility index (Phi) is 4.55. The predicted molar refractivity (Wildman–Crippen MR) is 39.2 cm³/mol. The lowest BCUT2D eigenvalue weighted by molar-refractivity contribution is -0.359. The summed E-state index contributed by atoms with van der Waals surface area (Å²) in [5.74, 6) is -12.3. The van der Waals surface area contributed by atoms with Gasteiger partial charge in [-0.1, -0.05) is 0 Å². The zero-order valence-electron chi connectivity index (χ0n) is 8.35. The third-order valence-corrected chi connectivity index (χ3v) is 1.98. The number of alkyl halides is 10. The summed E-state index contributed by atoms with van der Waals surface area (Å²) in [4.78, 5) is 0. The quantitative estimate of drug-likeness (QED) is 0.789. The monoisotopic (exact) mass is 295 g/mol. The van der Waals surface area contributed by atoms with Crippen molar-refractivity contribution in [2.75, 3.05) is 0 Å². The van der Waals surface area contributed by atoms with E-state index in [1.54, 1.807) is 0 Å². The Balaban J connectivity index is 4.93. The van der Waals surface area contributed by atoms with Crippen LogP contribution in [0.5, 0.6) is 0 Å². The molecule has 0 bridgehead atoms. The van der Waals surface area contributed by atoms with Crippen molar-refractivity contribution in [3.8, 4) is 0 Å². The molecule has 0 aliphatic rings. The summed E-state index contributed by atoms with van der Waals surface area (Å²) in [6, 6.07) is -3.27. The Morgan fingerprint density at radius 3 is 1.44 bits per heavy atom. The minimum atomic E-state index is -6.60. The molecule has 0 aromatic heterocycles. The highest BCUT2D eigenvalue weighted by Crippen LogP contribution is 2.48. The van der Waals surface area contributed by atoms with Gasteiger partial charge in [0, 0.05) is 6.42 Å². The average molecular weight is 295 g/mol. The van der Waals surface area contributed by atoms with Gasteiger partial charge in [-0.25, -0.2) is 0 Å². The highest BCUT2D eigenvalue weighted by molar-refractivity contribution is 4.97. The molecular weight excluding hydrogens is 288 g/mol. The van der Waals surface area contributed by atoms with Gasteiger partial charge in [0.25, 0.3) is 0 Å². The Morgan fingerprint density at radius 2 is 1.17 bits per heavy atom. The van der Waals surface area contributed by atoms with Crippen molar-refractivity contribution in [1.82, 2.24) is 0 Å². The Morgan fingerprint density at radius 1 is 0.778 bits per heavy atom. The first-order valence-corrected chi connectivity index (χ1v) is 4.27. The van der Waals surface area contributed by atoms with Crippen LogP contribution in [0.15, 0.2) is 0 Å².